The topological polar surface area (TPSA) is 81.1 Å². The molecule has 0 atom stereocenters. The van der Waals surface area contributed by atoms with E-state index < -0.39 is 0 Å². The fourth-order valence-corrected chi connectivity index (χ4v) is 2.42. The van der Waals surface area contributed by atoms with Crippen molar-refractivity contribution >= 4 is 11.6 Å². The van der Waals surface area contributed by atoms with Gasteiger partial charge in [-0.1, -0.05) is 12.1 Å². The Hall–Kier alpha value is -1.55. The van der Waals surface area contributed by atoms with Crippen LogP contribution in [-0.4, -0.2) is 18.0 Å². The van der Waals surface area contributed by atoms with E-state index in [0.29, 0.717) is 18.5 Å². The number of amides is 1. The van der Waals surface area contributed by atoms with Crippen LogP contribution in [-0.2, 0) is 11.2 Å². The number of hydrogen-bond donors (Lipinski definition) is 3. The van der Waals surface area contributed by atoms with Gasteiger partial charge < -0.3 is 16.8 Å². The lowest BCUT2D eigenvalue weighted by atomic mass is 9.91. The van der Waals surface area contributed by atoms with Gasteiger partial charge in [0.25, 0.3) is 0 Å². The van der Waals surface area contributed by atoms with Gasteiger partial charge in [-0.25, -0.2) is 0 Å². The van der Waals surface area contributed by atoms with Crippen LogP contribution < -0.4 is 16.8 Å². The van der Waals surface area contributed by atoms with Crippen molar-refractivity contribution in [1.29, 1.82) is 0 Å². The molecule has 1 aliphatic carbocycles. The Morgan fingerprint density at radius 2 is 1.78 bits per heavy atom. The fourth-order valence-electron chi connectivity index (χ4n) is 2.42. The predicted octanol–water partition coefficient (Wildman–Crippen LogP) is 1.40. The van der Waals surface area contributed by atoms with Crippen LogP contribution in [0.3, 0.4) is 0 Å². The second-order valence-corrected chi connectivity index (χ2v) is 5.10. The zero-order chi connectivity index (χ0) is 13.0. The summed E-state index contributed by atoms with van der Waals surface area (Å²) in [6, 6.07) is 8.80. The van der Waals surface area contributed by atoms with E-state index in [1.807, 2.05) is 24.3 Å². The maximum atomic E-state index is 10.8. The van der Waals surface area contributed by atoms with Crippen LogP contribution in [0.25, 0.3) is 0 Å². The monoisotopic (exact) mass is 247 g/mol. The molecule has 1 amide bonds. The maximum Gasteiger partial charge on any atom is 0.221 e. The molecular weight excluding hydrogens is 226 g/mol. The van der Waals surface area contributed by atoms with Gasteiger partial charge in [0, 0.05) is 17.8 Å². The second-order valence-electron chi connectivity index (χ2n) is 5.10. The lowest BCUT2D eigenvalue weighted by Crippen LogP contribution is -2.32. The lowest BCUT2D eigenvalue weighted by Gasteiger charge is -2.27. The Labute approximate surface area is 108 Å². The quantitative estimate of drug-likeness (QED) is 0.752. The van der Waals surface area contributed by atoms with Gasteiger partial charge in [-0.2, -0.15) is 0 Å². The minimum absolute atomic E-state index is 0.294. The van der Waals surface area contributed by atoms with Crippen LogP contribution in [0, 0.1) is 0 Å². The Bertz CT molecular complexity index is 394. The van der Waals surface area contributed by atoms with E-state index in [0.717, 1.165) is 36.9 Å². The number of hydrogen-bond acceptors (Lipinski definition) is 3. The molecule has 4 nitrogen and oxygen atoms in total. The Balaban J connectivity index is 1.88. The van der Waals surface area contributed by atoms with Crippen LogP contribution in [0.2, 0.25) is 0 Å². The van der Waals surface area contributed by atoms with E-state index in [1.54, 1.807) is 0 Å². The molecule has 0 unspecified atom stereocenters. The molecule has 1 fully saturated rings. The second kappa shape index (κ2) is 5.87. The molecule has 1 aromatic carbocycles. The number of carbonyl (C=O) groups excluding carboxylic acids is 1. The molecule has 0 aromatic heterocycles. The SMILES string of the molecule is NC(=O)Cc1ccc(NC2CCC(N)CC2)cc1. The van der Waals surface area contributed by atoms with Crippen LogP contribution in [0.1, 0.15) is 31.2 Å². The lowest BCUT2D eigenvalue weighted by molar-refractivity contribution is -0.117. The van der Waals surface area contributed by atoms with Crippen molar-refractivity contribution in [3.05, 3.63) is 29.8 Å². The summed E-state index contributed by atoms with van der Waals surface area (Å²) < 4.78 is 0. The highest BCUT2D eigenvalue weighted by atomic mass is 16.1. The molecule has 0 aliphatic heterocycles. The highest BCUT2D eigenvalue weighted by molar-refractivity contribution is 5.76. The molecule has 0 bridgehead atoms. The Kier molecular flexibility index (Phi) is 4.20. The molecule has 0 heterocycles. The molecule has 1 aromatic rings. The highest BCUT2D eigenvalue weighted by Crippen LogP contribution is 2.21. The summed E-state index contributed by atoms with van der Waals surface area (Å²) in [6.07, 6.45) is 4.75. The number of anilines is 1. The number of rotatable bonds is 4. The minimum Gasteiger partial charge on any atom is -0.382 e. The summed E-state index contributed by atoms with van der Waals surface area (Å²) in [4.78, 5) is 10.8. The van der Waals surface area contributed by atoms with Crippen LogP contribution in [0.15, 0.2) is 24.3 Å². The van der Waals surface area contributed by atoms with E-state index >= 15 is 0 Å². The predicted molar refractivity (Wildman–Crippen MR) is 73.2 cm³/mol. The molecule has 98 valence electrons. The van der Waals surface area contributed by atoms with E-state index in [1.165, 1.54) is 0 Å². The molecule has 1 aliphatic rings. The standard InChI is InChI=1S/C14H21N3O/c15-11-3-7-13(8-4-11)17-12-5-1-10(2-6-12)9-14(16)18/h1-2,5-6,11,13,17H,3-4,7-9,15H2,(H2,16,18). The summed E-state index contributed by atoms with van der Waals surface area (Å²) in [5, 5.41) is 3.51. The number of nitrogens with one attached hydrogen (secondary N) is 1. The Morgan fingerprint density at radius 3 is 2.33 bits per heavy atom. The smallest absolute Gasteiger partial charge is 0.221 e. The molecule has 5 N–H and O–H groups in total. The number of primary amides is 1. The molecule has 2 rings (SSSR count). The van der Waals surface area contributed by atoms with Crippen LogP contribution in [0.5, 0.6) is 0 Å². The first-order valence-corrected chi connectivity index (χ1v) is 6.53. The van der Waals surface area contributed by atoms with Crippen molar-refractivity contribution in [2.75, 3.05) is 5.32 Å². The van der Waals surface area contributed by atoms with Gasteiger partial charge in [0.2, 0.25) is 5.91 Å². The van der Waals surface area contributed by atoms with E-state index in [9.17, 15) is 4.79 Å². The molecular formula is C14H21N3O. The van der Waals surface area contributed by atoms with E-state index in [-0.39, 0.29) is 5.91 Å². The van der Waals surface area contributed by atoms with Crippen LogP contribution >= 0.6 is 0 Å². The first-order valence-electron chi connectivity index (χ1n) is 6.53. The normalized spacial score (nSPS) is 23.6. The zero-order valence-corrected chi connectivity index (χ0v) is 10.6. The van der Waals surface area contributed by atoms with Gasteiger partial charge in [-0.3, -0.25) is 4.79 Å². The third-order valence-electron chi connectivity index (χ3n) is 3.47. The molecule has 0 radical (unpaired) electrons. The van der Waals surface area contributed by atoms with Crippen molar-refractivity contribution in [1.82, 2.24) is 0 Å². The molecule has 1 saturated carbocycles. The first kappa shape index (κ1) is 12.9. The molecule has 0 saturated heterocycles. The largest absolute Gasteiger partial charge is 0.382 e. The van der Waals surface area contributed by atoms with E-state index in [4.69, 9.17) is 11.5 Å². The summed E-state index contributed by atoms with van der Waals surface area (Å²) >= 11 is 0. The van der Waals surface area contributed by atoms with Gasteiger partial charge in [0.05, 0.1) is 6.42 Å². The Morgan fingerprint density at radius 1 is 1.17 bits per heavy atom. The van der Waals surface area contributed by atoms with Gasteiger partial charge in [0.1, 0.15) is 0 Å². The summed E-state index contributed by atoms with van der Waals surface area (Å²) in [6.45, 7) is 0. The van der Waals surface area contributed by atoms with Gasteiger partial charge in [-0.15, -0.1) is 0 Å². The van der Waals surface area contributed by atoms with Crippen molar-refractivity contribution < 1.29 is 4.79 Å². The highest BCUT2D eigenvalue weighted by Gasteiger charge is 2.17. The molecule has 0 spiro atoms. The molecule has 18 heavy (non-hydrogen) atoms. The fraction of sp³-hybridized carbons (Fsp3) is 0.500. The van der Waals surface area contributed by atoms with E-state index in [2.05, 4.69) is 5.32 Å². The van der Waals surface area contributed by atoms with Crippen molar-refractivity contribution in [3.63, 3.8) is 0 Å². The maximum absolute atomic E-state index is 10.8. The number of benzene rings is 1. The average Bonchev–Trinajstić information content (AvgIpc) is 2.34. The summed E-state index contributed by atoms with van der Waals surface area (Å²) in [7, 11) is 0. The summed E-state index contributed by atoms with van der Waals surface area (Å²) in [5.41, 5.74) is 13.1. The van der Waals surface area contributed by atoms with Crippen molar-refractivity contribution in [3.8, 4) is 0 Å². The van der Waals surface area contributed by atoms with Gasteiger partial charge in [-0.05, 0) is 43.4 Å². The number of carbonyl (C=O) groups is 1. The zero-order valence-electron chi connectivity index (χ0n) is 10.6. The van der Waals surface area contributed by atoms with Crippen LogP contribution in [0.4, 0.5) is 5.69 Å². The van der Waals surface area contributed by atoms with Gasteiger partial charge >= 0.3 is 0 Å². The minimum atomic E-state index is -0.294. The van der Waals surface area contributed by atoms with Gasteiger partial charge in [0.15, 0.2) is 0 Å². The molecule has 4 heteroatoms. The third kappa shape index (κ3) is 3.74. The van der Waals surface area contributed by atoms with Crippen molar-refractivity contribution in [2.24, 2.45) is 11.5 Å². The summed E-state index contributed by atoms with van der Waals surface area (Å²) in [5.74, 6) is -0.294. The number of nitrogens with two attached hydrogens (primary N) is 2. The first-order chi connectivity index (χ1) is 8.63. The van der Waals surface area contributed by atoms with Crippen molar-refractivity contribution in [2.45, 2.75) is 44.2 Å². The third-order valence-corrected chi connectivity index (χ3v) is 3.47. The average molecular weight is 247 g/mol.